The van der Waals surface area contributed by atoms with Gasteiger partial charge < -0.3 is 64.5 Å². The van der Waals surface area contributed by atoms with Gasteiger partial charge in [-0.25, -0.2) is 4.79 Å². The van der Waals surface area contributed by atoms with Crippen LogP contribution >= 0.6 is 0 Å². The van der Waals surface area contributed by atoms with Crippen LogP contribution < -0.4 is 14.2 Å². The number of carboxylic acid groups (broad SMARTS) is 1. The smallest absolute Gasteiger partial charge is 0.335 e. The molecule has 2 aromatic carbocycles. The largest absolute Gasteiger partial charge is 0.504 e. The lowest BCUT2D eigenvalue weighted by Crippen LogP contribution is -2.60. The summed E-state index contributed by atoms with van der Waals surface area (Å²) in [6.07, 6.45) is -8.95. The molecule has 1 heterocycles. The predicted molar refractivity (Wildman–Crippen MR) is 137 cm³/mol. The van der Waals surface area contributed by atoms with E-state index in [1.807, 2.05) is 0 Å². The second-order valence-corrected chi connectivity index (χ2v) is 9.98. The van der Waals surface area contributed by atoms with Crippen LogP contribution in [-0.4, -0.2) is 112 Å². The Hall–Kier alpha value is -3.53. The Bertz CT molecular complexity index is 1240. The normalized spacial score (nSPS) is 29.4. The number of phenolic OH excluding ortho intramolecular Hbond substituents is 3. The molecule has 0 unspecified atom stereocenters. The number of carboxylic acids is 1. The quantitative estimate of drug-likeness (QED) is 0.177. The first-order chi connectivity index (χ1) is 19.5. The van der Waals surface area contributed by atoms with Gasteiger partial charge in [-0.1, -0.05) is 0 Å². The number of hydrogen-bond donors (Lipinski definition) is 8. The number of aliphatic hydroxyl groups excluding tert-OH is 4. The number of aromatic hydroxyl groups is 3. The predicted octanol–water partition coefficient (Wildman–Crippen LogP) is -0.349. The zero-order chi connectivity index (χ0) is 30.2. The number of aliphatic hydroxyl groups is 4. The zero-order valence-electron chi connectivity index (χ0n) is 22.5. The zero-order valence-corrected chi connectivity index (χ0v) is 22.5. The average molecular weight is 583 g/mol. The number of phenols is 3. The highest BCUT2D eigenvalue weighted by Crippen LogP contribution is 2.54. The highest BCUT2D eigenvalue weighted by atomic mass is 16.7. The third kappa shape index (κ3) is 5.41. The molecule has 2 aromatic rings. The highest BCUT2D eigenvalue weighted by Gasteiger charge is 2.49. The molecule has 0 aromatic heterocycles. The minimum absolute atomic E-state index is 0.0123. The van der Waals surface area contributed by atoms with Gasteiger partial charge in [0.1, 0.15) is 18.3 Å². The lowest BCUT2D eigenvalue weighted by molar-refractivity contribution is -0.297. The van der Waals surface area contributed by atoms with Gasteiger partial charge in [0.15, 0.2) is 35.4 Å². The summed E-state index contributed by atoms with van der Waals surface area (Å²) in [5.74, 6) is -4.93. The molecule has 8 N–H and O–H groups in total. The van der Waals surface area contributed by atoms with E-state index in [0.717, 1.165) is 0 Å². The van der Waals surface area contributed by atoms with Crippen LogP contribution in [0.3, 0.4) is 0 Å². The van der Waals surface area contributed by atoms with Crippen LogP contribution in [0.5, 0.6) is 34.5 Å². The molecule has 226 valence electrons. The van der Waals surface area contributed by atoms with Crippen LogP contribution in [-0.2, 0) is 20.7 Å². The minimum atomic E-state index is -1.91. The highest BCUT2D eigenvalue weighted by molar-refractivity contribution is 5.73. The van der Waals surface area contributed by atoms with Crippen LogP contribution in [0.15, 0.2) is 18.2 Å². The van der Waals surface area contributed by atoms with E-state index in [2.05, 4.69) is 0 Å². The molecular weight excluding hydrogens is 548 g/mol. The summed E-state index contributed by atoms with van der Waals surface area (Å²) in [4.78, 5) is 11.5. The molecule has 8 atom stereocenters. The van der Waals surface area contributed by atoms with Crippen LogP contribution in [0.1, 0.15) is 22.6 Å². The van der Waals surface area contributed by atoms with Gasteiger partial charge in [-0.3, -0.25) is 0 Å². The molecule has 1 saturated heterocycles. The van der Waals surface area contributed by atoms with Gasteiger partial charge >= 0.3 is 5.97 Å². The monoisotopic (exact) mass is 582 g/mol. The first kappa shape index (κ1) is 30.4. The van der Waals surface area contributed by atoms with Gasteiger partial charge in [0.2, 0.25) is 11.5 Å². The fourth-order valence-corrected chi connectivity index (χ4v) is 5.63. The first-order valence-electron chi connectivity index (χ1n) is 12.7. The van der Waals surface area contributed by atoms with E-state index in [1.54, 1.807) is 0 Å². The Kier molecular flexibility index (Phi) is 9.01. The van der Waals surface area contributed by atoms with E-state index in [4.69, 9.17) is 23.7 Å². The Morgan fingerprint density at radius 2 is 1.46 bits per heavy atom. The van der Waals surface area contributed by atoms with Crippen molar-refractivity contribution in [1.82, 2.24) is 0 Å². The molecule has 41 heavy (non-hydrogen) atoms. The van der Waals surface area contributed by atoms with Crippen molar-refractivity contribution in [2.75, 3.05) is 34.5 Å². The lowest BCUT2D eigenvalue weighted by atomic mass is 9.66. The number of benzene rings is 2. The maximum atomic E-state index is 11.5. The number of methoxy groups -OCH3 is 3. The van der Waals surface area contributed by atoms with Crippen molar-refractivity contribution in [2.24, 2.45) is 11.8 Å². The van der Waals surface area contributed by atoms with Gasteiger partial charge in [0, 0.05) is 18.1 Å². The Morgan fingerprint density at radius 3 is 2.00 bits per heavy atom. The van der Waals surface area contributed by atoms with Crippen molar-refractivity contribution in [3.05, 3.63) is 34.9 Å². The number of rotatable bonds is 9. The molecule has 1 aliphatic heterocycles. The number of aliphatic carboxylic acids is 1. The maximum Gasteiger partial charge on any atom is 0.335 e. The summed E-state index contributed by atoms with van der Waals surface area (Å²) in [5, 5.41) is 82.8. The molecule has 0 amide bonds. The molecule has 14 heteroatoms. The molecule has 14 nitrogen and oxygen atoms in total. The molecule has 2 aliphatic rings. The molecule has 0 saturated carbocycles. The van der Waals surface area contributed by atoms with E-state index in [9.17, 15) is 45.6 Å². The topological polar surface area (TPSA) is 225 Å². The summed E-state index contributed by atoms with van der Waals surface area (Å²) in [6, 6.07) is 4.52. The van der Waals surface area contributed by atoms with Crippen LogP contribution in [0.25, 0.3) is 0 Å². The van der Waals surface area contributed by atoms with E-state index >= 15 is 0 Å². The summed E-state index contributed by atoms with van der Waals surface area (Å²) in [7, 11) is 3.99. The van der Waals surface area contributed by atoms with Crippen LogP contribution in [0.2, 0.25) is 0 Å². The van der Waals surface area contributed by atoms with E-state index < -0.39 is 65.9 Å². The van der Waals surface area contributed by atoms with Crippen LogP contribution in [0.4, 0.5) is 0 Å². The molecule has 0 spiro atoms. The second kappa shape index (κ2) is 12.1. The van der Waals surface area contributed by atoms with Gasteiger partial charge in [0.25, 0.3) is 0 Å². The Morgan fingerprint density at radius 1 is 0.878 bits per heavy atom. The Labute approximate surface area is 234 Å². The van der Waals surface area contributed by atoms with Crippen molar-refractivity contribution in [3.8, 4) is 34.5 Å². The number of hydrogen-bond acceptors (Lipinski definition) is 13. The van der Waals surface area contributed by atoms with Crippen LogP contribution in [0, 0.1) is 11.8 Å². The second-order valence-electron chi connectivity index (χ2n) is 9.98. The van der Waals surface area contributed by atoms with Crippen molar-refractivity contribution in [3.63, 3.8) is 0 Å². The molecule has 1 aliphatic carbocycles. The molecule has 4 rings (SSSR count). The summed E-state index contributed by atoms with van der Waals surface area (Å²) < 4.78 is 26.9. The molecule has 0 radical (unpaired) electrons. The average Bonchev–Trinajstić information content (AvgIpc) is 2.96. The third-order valence-electron chi connectivity index (χ3n) is 7.77. The maximum absolute atomic E-state index is 11.5. The fraction of sp³-hybridized carbons (Fsp3) is 0.519. The standard InChI is InChI=1S/C27H34O14/c1-37-14-6-11(7-15(38-2)19(14)29)17-13(9-40-27-24(34)22(32)23(33)25(41-27)26(35)36)12(8-28)4-10-5-16(39-3)20(30)21(31)18(10)17/h5-7,12-13,17,22-25,27-34H,4,8-9H2,1-3H3,(H,35,36)/t12-,13+,17-,22+,23+,24-,25+,27+/m1/s1. The molecular formula is C27H34O14. The lowest BCUT2D eigenvalue weighted by Gasteiger charge is -2.42. The van der Waals surface area contributed by atoms with E-state index in [-0.39, 0.29) is 48.2 Å². The minimum Gasteiger partial charge on any atom is -0.504 e. The van der Waals surface area contributed by atoms with Crippen molar-refractivity contribution in [1.29, 1.82) is 0 Å². The van der Waals surface area contributed by atoms with Gasteiger partial charge in [0.05, 0.1) is 27.9 Å². The van der Waals surface area contributed by atoms with Gasteiger partial charge in [-0.15, -0.1) is 0 Å². The SMILES string of the molecule is COc1cc([C@H]2c3c(cc(OC)c(O)c3O)C[C@H](CO)[C@@H]2CO[C@H]2O[C@H](C(=O)O)[C@@H](O)[C@H](O)[C@H]2O)cc(OC)c1O. The fourth-order valence-electron chi connectivity index (χ4n) is 5.63. The number of ether oxygens (including phenoxy) is 5. The summed E-state index contributed by atoms with van der Waals surface area (Å²) in [6.45, 7) is -0.683. The van der Waals surface area contributed by atoms with Gasteiger partial charge in [-0.2, -0.15) is 0 Å². The van der Waals surface area contributed by atoms with Crippen molar-refractivity contribution >= 4 is 5.97 Å². The van der Waals surface area contributed by atoms with Crippen molar-refractivity contribution in [2.45, 2.75) is 43.0 Å². The van der Waals surface area contributed by atoms with Gasteiger partial charge in [-0.05, 0) is 47.6 Å². The van der Waals surface area contributed by atoms with Crippen molar-refractivity contribution < 1.29 is 69.3 Å². The first-order valence-corrected chi connectivity index (χ1v) is 12.7. The number of carbonyl (C=O) groups is 1. The van der Waals surface area contributed by atoms with E-state index in [1.165, 1.54) is 39.5 Å². The Balaban J connectivity index is 1.82. The molecule has 0 bridgehead atoms. The number of fused-ring (bicyclic) bond motifs is 1. The summed E-state index contributed by atoms with van der Waals surface area (Å²) in [5.41, 5.74) is 1.23. The summed E-state index contributed by atoms with van der Waals surface area (Å²) >= 11 is 0. The third-order valence-corrected chi connectivity index (χ3v) is 7.77. The molecule has 1 fully saturated rings. The van der Waals surface area contributed by atoms with E-state index in [0.29, 0.717) is 11.1 Å².